The van der Waals surface area contributed by atoms with Crippen LogP contribution in [0, 0.1) is 5.92 Å². The summed E-state index contributed by atoms with van der Waals surface area (Å²) in [5, 5.41) is 3.98. The summed E-state index contributed by atoms with van der Waals surface area (Å²) in [5.74, 6) is 0.492. The zero-order chi connectivity index (χ0) is 11.0. The first-order valence-electron chi connectivity index (χ1n) is 4.84. The molecule has 0 bridgehead atoms. The Labute approximate surface area is 96.7 Å². The predicted molar refractivity (Wildman–Crippen MR) is 70.7 cm³/mol. The van der Waals surface area contributed by atoms with Crippen LogP contribution in [-0.4, -0.2) is 23.2 Å². The van der Waals surface area contributed by atoms with E-state index in [4.69, 9.17) is 18.0 Å². The van der Waals surface area contributed by atoms with Gasteiger partial charge in [-0.05, 0) is 24.9 Å². The summed E-state index contributed by atoms with van der Waals surface area (Å²) in [6, 6.07) is 0. The standard InChI is InChI=1S/C10H20N2S2/c1-4-5-6-9(8(2)14-3)7-12-10(11)13/h5-6,8-9H,4,7H2,1-3H3,(H3,11,12,13). The number of allylic oxidation sites excluding steroid dienone is 1. The highest BCUT2D eigenvalue weighted by molar-refractivity contribution is 7.99. The maximum absolute atomic E-state index is 5.40. The van der Waals surface area contributed by atoms with E-state index in [2.05, 4.69) is 37.6 Å². The van der Waals surface area contributed by atoms with Crippen LogP contribution in [0.25, 0.3) is 0 Å². The van der Waals surface area contributed by atoms with Crippen LogP contribution in [0.5, 0.6) is 0 Å². The predicted octanol–water partition coefficient (Wildman–Crippen LogP) is 2.15. The third-order valence-electron chi connectivity index (χ3n) is 2.11. The van der Waals surface area contributed by atoms with E-state index in [1.807, 2.05) is 11.8 Å². The molecule has 0 rings (SSSR count). The van der Waals surface area contributed by atoms with Crippen LogP contribution in [0.4, 0.5) is 0 Å². The lowest BCUT2D eigenvalue weighted by atomic mass is 10.1. The minimum absolute atomic E-state index is 0.383. The van der Waals surface area contributed by atoms with Gasteiger partial charge in [0.1, 0.15) is 0 Å². The van der Waals surface area contributed by atoms with E-state index in [-0.39, 0.29) is 0 Å². The van der Waals surface area contributed by atoms with E-state index in [9.17, 15) is 0 Å². The molecule has 2 unspecified atom stereocenters. The average Bonchev–Trinajstić information content (AvgIpc) is 2.16. The van der Waals surface area contributed by atoms with Gasteiger partial charge in [-0.2, -0.15) is 11.8 Å². The normalized spacial score (nSPS) is 15.4. The quantitative estimate of drug-likeness (QED) is 0.544. The van der Waals surface area contributed by atoms with Crippen LogP contribution in [0.2, 0.25) is 0 Å². The van der Waals surface area contributed by atoms with Crippen molar-refractivity contribution in [1.29, 1.82) is 0 Å². The summed E-state index contributed by atoms with van der Waals surface area (Å²) in [7, 11) is 0. The van der Waals surface area contributed by atoms with Crippen LogP contribution >= 0.6 is 24.0 Å². The summed E-state index contributed by atoms with van der Waals surface area (Å²) >= 11 is 6.64. The number of nitrogens with two attached hydrogens (primary N) is 1. The lowest BCUT2D eigenvalue weighted by Gasteiger charge is -2.19. The zero-order valence-corrected chi connectivity index (χ0v) is 10.8. The summed E-state index contributed by atoms with van der Waals surface area (Å²) in [5.41, 5.74) is 5.40. The fourth-order valence-corrected chi connectivity index (χ4v) is 1.71. The van der Waals surface area contributed by atoms with Crippen molar-refractivity contribution >= 4 is 29.1 Å². The summed E-state index contributed by atoms with van der Waals surface area (Å²) in [4.78, 5) is 0. The summed E-state index contributed by atoms with van der Waals surface area (Å²) < 4.78 is 0. The van der Waals surface area contributed by atoms with E-state index in [0.29, 0.717) is 16.3 Å². The average molecular weight is 232 g/mol. The molecule has 0 spiro atoms. The number of hydrogen-bond acceptors (Lipinski definition) is 2. The molecule has 0 heterocycles. The van der Waals surface area contributed by atoms with Crippen LogP contribution in [0.1, 0.15) is 20.3 Å². The first-order valence-corrected chi connectivity index (χ1v) is 6.54. The maximum Gasteiger partial charge on any atom is 0.163 e. The second kappa shape index (κ2) is 8.12. The van der Waals surface area contributed by atoms with Gasteiger partial charge < -0.3 is 11.1 Å². The lowest BCUT2D eigenvalue weighted by molar-refractivity contribution is 0.620. The molecule has 82 valence electrons. The Morgan fingerprint density at radius 2 is 2.29 bits per heavy atom. The highest BCUT2D eigenvalue weighted by Gasteiger charge is 2.12. The van der Waals surface area contributed by atoms with Gasteiger partial charge in [-0.15, -0.1) is 0 Å². The SMILES string of the molecule is CCC=CC(CNC(N)=S)C(C)SC. The Morgan fingerprint density at radius 3 is 2.71 bits per heavy atom. The highest BCUT2D eigenvalue weighted by atomic mass is 32.2. The molecule has 0 radical (unpaired) electrons. The van der Waals surface area contributed by atoms with Crippen LogP contribution in [-0.2, 0) is 0 Å². The first-order chi connectivity index (χ1) is 6.61. The molecule has 0 aromatic carbocycles. The smallest absolute Gasteiger partial charge is 0.163 e. The van der Waals surface area contributed by atoms with Gasteiger partial charge in [0, 0.05) is 17.7 Å². The van der Waals surface area contributed by atoms with Gasteiger partial charge in [0.05, 0.1) is 0 Å². The van der Waals surface area contributed by atoms with Gasteiger partial charge >= 0.3 is 0 Å². The van der Waals surface area contributed by atoms with E-state index in [0.717, 1.165) is 13.0 Å². The Kier molecular flexibility index (Phi) is 7.99. The lowest BCUT2D eigenvalue weighted by Crippen LogP contribution is -2.35. The Morgan fingerprint density at radius 1 is 1.64 bits per heavy atom. The molecule has 2 atom stereocenters. The van der Waals surface area contributed by atoms with Crippen molar-refractivity contribution in [3.8, 4) is 0 Å². The molecule has 0 saturated heterocycles. The highest BCUT2D eigenvalue weighted by Crippen LogP contribution is 2.17. The summed E-state index contributed by atoms with van der Waals surface area (Å²) in [6.07, 6.45) is 7.63. The van der Waals surface area contributed by atoms with Crippen molar-refractivity contribution in [1.82, 2.24) is 5.32 Å². The fraction of sp³-hybridized carbons (Fsp3) is 0.700. The minimum Gasteiger partial charge on any atom is -0.376 e. The van der Waals surface area contributed by atoms with Gasteiger partial charge in [-0.3, -0.25) is 0 Å². The molecule has 0 saturated carbocycles. The number of thioether (sulfide) groups is 1. The zero-order valence-electron chi connectivity index (χ0n) is 9.12. The molecule has 0 aliphatic carbocycles. The van der Waals surface area contributed by atoms with Crippen LogP contribution in [0.3, 0.4) is 0 Å². The van der Waals surface area contributed by atoms with Crippen LogP contribution in [0.15, 0.2) is 12.2 Å². The monoisotopic (exact) mass is 232 g/mol. The molecule has 0 aromatic rings. The number of thiocarbonyl (C=S) groups is 1. The molecular weight excluding hydrogens is 212 g/mol. The maximum atomic E-state index is 5.40. The number of nitrogens with one attached hydrogen (secondary N) is 1. The Balaban J connectivity index is 4.10. The van der Waals surface area contributed by atoms with Crippen molar-refractivity contribution in [3.05, 3.63) is 12.2 Å². The van der Waals surface area contributed by atoms with Gasteiger partial charge in [-0.1, -0.05) is 26.0 Å². The van der Waals surface area contributed by atoms with Gasteiger partial charge in [0.2, 0.25) is 0 Å². The Hall–Kier alpha value is -0.220. The first kappa shape index (κ1) is 13.8. The molecule has 0 aliphatic rings. The molecular formula is C10H20N2S2. The fourth-order valence-electron chi connectivity index (χ4n) is 1.09. The number of rotatable bonds is 6. The second-order valence-electron chi connectivity index (χ2n) is 3.19. The third kappa shape index (κ3) is 6.27. The topological polar surface area (TPSA) is 38.0 Å². The third-order valence-corrected chi connectivity index (χ3v) is 3.34. The van der Waals surface area contributed by atoms with Gasteiger partial charge in [-0.25, -0.2) is 0 Å². The van der Waals surface area contributed by atoms with Crippen molar-refractivity contribution < 1.29 is 0 Å². The molecule has 14 heavy (non-hydrogen) atoms. The molecule has 4 heteroatoms. The summed E-state index contributed by atoms with van der Waals surface area (Å²) in [6.45, 7) is 5.18. The van der Waals surface area contributed by atoms with Crippen molar-refractivity contribution in [2.24, 2.45) is 11.7 Å². The van der Waals surface area contributed by atoms with Gasteiger partial charge in [0.25, 0.3) is 0 Å². The molecule has 0 aromatic heterocycles. The molecule has 3 N–H and O–H groups in total. The van der Waals surface area contributed by atoms with E-state index < -0.39 is 0 Å². The largest absolute Gasteiger partial charge is 0.376 e. The van der Waals surface area contributed by atoms with Crippen LogP contribution < -0.4 is 11.1 Å². The van der Waals surface area contributed by atoms with Crippen molar-refractivity contribution in [3.63, 3.8) is 0 Å². The molecule has 0 amide bonds. The molecule has 0 fully saturated rings. The Bertz CT molecular complexity index is 193. The second-order valence-corrected chi connectivity index (χ2v) is 4.84. The van der Waals surface area contributed by atoms with Gasteiger partial charge in [0.15, 0.2) is 5.11 Å². The molecule has 2 nitrogen and oxygen atoms in total. The van der Waals surface area contributed by atoms with Crippen molar-refractivity contribution in [2.45, 2.75) is 25.5 Å². The van der Waals surface area contributed by atoms with E-state index in [1.165, 1.54) is 0 Å². The number of hydrogen-bond donors (Lipinski definition) is 2. The minimum atomic E-state index is 0.383. The van der Waals surface area contributed by atoms with E-state index in [1.54, 1.807) is 0 Å². The van der Waals surface area contributed by atoms with Crippen molar-refractivity contribution in [2.75, 3.05) is 12.8 Å². The molecule has 0 aliphatic heterocycles. The van der Waals surface area contributed by atoms with E-state index >= 15 is 0 Å².